The second kappa shape index (κ2) is 9.90. The molecule has 30 heavy (non-hydrogen) atoms. The zero-order valence-corrected chi connectivity index (χ0v) is 16.8. The summed E-state index contributed by atoms with van der Waals surface area (Å²) in [5.41, 5.74) is 6.08. The number of methoxy groups -OCH3 is 1. The average molecular weight is 414 g/mol. The SMILES string of the molecule is COCCN(CC(O)Cn1cccn1)c1c(N)n(Cc2ccccc2)c(=O)[nH]c1=O. The number of nitrogens with one attached hydrogen (secondary N) is 1. The van der Waals surface area contributed by atoms with Gasteiger partial charge in [0, 0.05) is 32.6 Å². The first-order chi connectivity index (χ1) is 14.5. The molecule has 4 N–H and O–H groups in total. The number of nitrogen functional groups attached to an aromatic ring is 1. The summed E-state index contributed by atoms with van der Waals surface area (Å²) in [5.74, 6) is 0.0370. The molecule has 2 heterocycles. The van der Waals surface area contributed by atoms with E-state index in [1.807, 2.05) is 30.3 Å². The van der Waals surface area contributed by atoms with Gasteiger partial charge in [0.25, 0.3) is 5.56 Å². The maximum absolute atomic E-state index is 12.6. The summed E-state index contributed by atoms with van der Waals surface area (Å²) >= 11 is 0. The number of benzene rings is 1. The number of nitrogens with two attached hydrogens (primary N) is 1. The van der Waals surface area contributed by atoms with Gasteiger partial charge in [-0.1, -0.05) is 30.3 Å². The molecular formula is C20H26N6O4. The highest BCUT2D eigenvalue weighted by molar-refractivity contribution is 5.62. The third kappa shape index (κ3) is 5.16. The van der Waals surface area contributed by atoms with Crippen LogP contribution >= 0.6 is 0 Å². The number of nitrogens with zero attached hydrogens (tertiary/aromatic N) is 4. The number of anilines is 2. The van der Waals surface area contributed by atoms with E-state index in [1.54, 1.807) is 35.2 Å². The summed E-state index contributed by atoms with van der Waals surface area (Å²) in [4.78, 5) is 29.0. The molecule has 3 rings (SSSR count). The van der Waals surface area contributed by atoms with Crippen molar-refractivity contribution in [2.45, 2.75) is 19.2 Å². The number of hydrogen-bond donors (Lipinski definition) is 3. The van der Waals surface area contributed by atoms with Crippen molar-refractivity contribution < 1.29 is 9.84 Å². The topological polar surface area (TPSA) is 131 Å². The predicted octanol–water partition coefficient (Wildman–Crippen LogP) is -0.122. The number of ether oxygens (including phenoxy) is 1. The first-order valence-electron chi connectivity index (χ1n) is 9.55. The molecule has 0 saturated carbocycles. The zero-order valence-electron chi connectivity index (χ0n) is 16.8. The van der Waals surface area contributed by atoms with Gasteiger partial charge in [-0.2, -0.15) is 5.10 Å². The zero-order chi connectivity index (χ0) is 21.5. The van der Waals surface area contributed by atoms with Gasteiger partial charge in [-0.3, -0.25) is 19.0 Å². The van der Waals surface area contributed by atoms with E-state index < -0.39 is 17.4 Å². The van der Waals surface area contributed by atoms with Crippen LogP contribution in [0.1, 0.15) is 5.56 Å². The van der Waals surface area contributed by atoms with Crippen LogP contribution in [-0.2, 0) is 17.8 Å². The van der Waals surface area contributed by atoms with Crippen LogP contribution in [0.2, 0.25) is 0 Å². The molecular weight excluding hydrogens is 388 g/mol. The molecule has 1 aromatic carbocycles. The van der Waals surface area contributed by atoms with Crippen LogP contribution in [0.4, 0.5) is 11.5 Å². The van der Waals surface area contributed by atoms with E-state index in [9.17, 15) is 14.7 Å². The Balaban J connectivity index is 1.92. The van der Waals surface area contributed by atoms with E-state index in [-0.39, 0.29) is 31.1 Å². The van der Waals surface area contributed by atoms with Crippen LogP contribution in [0.25, 0.3) is 0 Å². The van der Waals surface area contributed by atoms with Crippen LogP contribution in [0.15, 0.2) is 58.4 Å². The second-order valence-electron chi connectivity index (χ2n) is 6.89. The Morgan fingerprint density at radius 3 is 2.70 bits per heavy atom. The van der Waals surface area contributed by atoms with Crippen LogP contribution in [-0.4, -0.2) is 57.3 Å². The van der Waals surface area contributed by atoms with Crippen molar-refractivity contribution in [3.05, 3.63) is 75.2 Å². The summed E-state index contributed by atoms with van der Waals surface area (Å²) in [5, 5.41) is 14.6. The highest BCUT2D eigenvalue weighted by Crippen LogP contribution is 2.18. The van der Waals surface area contributed by atoms with Gasteiger partial charge < -0.3 is 20.5 Å². The maximum Gasteiger partial charge on any atom is 0.330 e. The van der Waals surface area contributed by atoms with Crippen LogP contribution < -0.4 is 21.9 Å². The van der Waals surface area contributed by atoms with Gasteiger partial charge in [0.1, 0.15) is 11.5 Å². The minimum atomic E-state index is -0.824. The fourth-order valence-corrected chi connectivity index (χ4v) is 3.24. The van der Waals surface area contributed by atoms with E-state index >= 15 is 0 Å². The van der Waals surface area contributed by atoms with E-state index in [0.717, 1.165) is 5.56 Å². The molecule has 0 saturated heterocycles. The Kier molecular flexibility index (Phi) is 7.04. The Morgan fingerprint density at radius 1 is 1.27 bits per heavy atom. The lowest BCUT2D eigenvalue weighted by Crippen LogP contribution is -2.43. The minimum Gasteiger partial charge on any atom is -0.389 e. The molecule has 1 atom stereocenters. The molecule has 0 amide bonds. The molecule has 160 valence electrons. The number of aromatic amines is 1. The van der Waals surface area contributed by atoms with Gasteiger partial charge >= 0.3 is 5.69 Å². The number of rotatable bonds is 10. The van der Waals surface area contributed by atoms with Crippen LogP contribution in [0.5, 0.6) is 0 Å². The highest BCUT2D eigenvalue weighted by Gasteiger charge is 2.21. The minimum absolute atomic E-state index is 0.0370. The van der Waals surface area contributed by atoms with Crippen LogP contribution in [0, 0.1) is 0 Å². The van der Waals surface area contributed by atoms with Crippen molar-refractivity contribution in [2.24, 2.45) is 0 Å². The van der Waals surface area contributed by atoms with Crippen LogP contribution in [0.3, 0.4) is 0 Å². The largest absolute Gasteiger partial charge is 0.389 e. The lowest BCUT2D eigenvalue weighted by Gasteiger charge is -2.28. The molecule has 10 nitrogen and oxygen atoms in total. The second-order valence-corrected chi connectivity index (χ2v) is 6.89. The van der Waals surface area contributed by atoms with Gasteiger partial charge in [0.05, 0.1) is 25.8 Å². The molecule has 2 aromatic heterocycles. The summed E-state index contributed by atoms with van der Waals surface area (Å²) in [7, 11) is 1.54. The quantitative estimate of drug-likeness (QED) is 0.421. The van der Waals surface area contributed by atoms with Crippen molar-refractivity contribution >= 4 is 11.5 Å². The smallest absolute Gasteiger partial charge is 0.330 e. The van der Waals surface area contributed by atoms with Crippen molar-refractivity contribution in [1.29, 1.82) is 0 Å². The molecule has 0 aliphatic carbocycles. The van der Waals surface area contributed by atoms with Gasteiger partial charge in [0.15, 0.2) is 0 Å². The fraction of sp³-hybridized carbons (Fsp3) is 0.350. The predicted molar refractivity (Wildman–Crippen MR) is 114 cm³/mol. The fourth-order valence-electron chi connectivity index (χ4n) is 3.24. The molecule has 10 heteroatoms. The molecule has 1 unspecified atom stereocenters. The summed E-state index contributed by atoms with van der Waals surface area (Å²) in [6.45, 7) is 1.19. The third-order valence-electron chi connectivity index (χ3n) is 4.67. The molecule has 0 bridgehead atoms. The molecule has 0 fully saturated rings. The first-order valence-corrected chi connectivity index (χ1v) is 9.55. The Labute approximate surface area is 173 Å². The molecule has 0 spiro atoms. The summed E-state index contributed by atoms with van der Waals surface area (Å²) in [6, 6.07) is 11.1. The van der Waals surface area contributed by atoms with E-state index in [0.29, 0.717) is 13.2 Å². The van der Waals surface area contributed by atoms with E-state index in [2.05, 4.69) is 10.1 Å². The highest BCUT2D eigenvalue weighted by atomic mass is 16.5. The lowest BCUT2D eigenvalue weighted by atomic mass is 10.2. The Morgan fingerprint density at radius 2 is 2.03 bits per heavy atom. The number of aromatic nitrogens is 4. The monoisotopic (exact) mass is 414 g/mol. The van der Waals surface area contributed by atoms with E-state index in [4.69, 9.17) is 10.5 Å². The average Bonchev–Trinajstić information content (AvgIpc) is 3.22. The molecule has 0 aliphatic rings. The summed E-state index contributed by atoms with van der Waals surface area (Å²) in [6.07, 6.45) is 2.54. The van der Waals surface area contributed by atoms with Gasteiger partial charge in [-0.15, -0.1) is 0 Å². The maximum atomic E-state index is 12.6. The number of aliphatic hydroxyl groups excluding tert-OH is 1. The lowest BCUT2D eigenvalue weighted by molar-refractivity contribution is 0.149. The normalized spacial score (nSPS) is 12.1. The van der Waals surface area contributed by atoms with Crippen molar-refractivity contribution in [3.8, 4) is 0 Å². The Hall–Kier alpha value is -3.37. The van der Waals surface area contributed by atoms with E-state index in [1.165, 1.54) is 4.57 Å². The van der Waals surface area contributed by atoms with Gasteiger partial charge in [-0.25, -0.2) is 4.79 Å². The third-order valence-corrected chi connectivity index (χ3v) is 4.67. The molecule has 0 radical (unpaired) electrons. The standard InChI is InChI=1S/C20H26N6O4/c1-30-11-10-24(13-16(27)14-25-9-5-8-22-25)17-18(21)26(20(29)23-19(17)28)12-15-6-3-2-4-7-15/h2-9,16,27H,10-14,21H2,1H3,(H,23,28,29). The van der Waals surface area contributed by atoms with Crippen molar-refractivity contribution in [3.63, 3.8) is 0 Å². The number of H-pyrrole nitrogens is 1. The van der Waals surface area contributed by atoms with Crippen molar-refractivity contribution in [1.82, 2.24) is 19.3 Å². The van der Waals surface area contributed by atoms with Crippen molar-refractivity contribution in [2.75, 3.05) is 37.4 Å². The molecule has 3 aromatic rings. The van der Waals surface area contributed by atoms with Gasteiger partial charge in [-0.05, 0) is 11.6 Å². The first kappa shape index (κ1) is 21.3. The molecule has 0 aliphatic heterocycles. The number of hydrogen-bond acceptors (Lipinski definition) is 7. The Bertz CT molecular complexity index is 1050. The summed E-state index contributed by atoms with van der Waals surface area (Å²) < 4.78 is 8.06. The van der Waals surface area contributed by atoms with Gasteiger partial charge in [0.2, 0.25) is 0 Å². The number of aliphatic hydroxyl groups is 1.